The lowest BCUT2D eigenvalue weighted by Gasteiger charge is -2.26. The standard InChI is InChI=1S/C16H25NO4/c1-16(2,3)15(18)17(4)10-11-8-12(19-5)14(21-7)13(9-11)20-6/h8-9H,10H2,1-7H3. The Morgan fingerprint density at radius 3 is 1.86 bits per heavy atom. The number of rotatable bonds is 5. The molecule has 1 amide bonds. The lowest BCUT2D eigenvalue weighted by atomic mass is 9.95. The normalized spacial score (nSPS) is 11.0. The Morgan fingerprint density at radius 2 is 1.52 bits per heavy atom. The van der Waals surface area contributed by atoms with Crippen LogP contribution in [-0.4, -0.2) is 39.2 Å². The van der Waals surface area contributed by atoms with Gasteiger partial charge in [-0.05, 0) is 17.7 Å². The van der Waals surface area contributed by atoms with Gasteiger partial charge in [0.25, 0.3) is 0 Å². The fraction of sp³-hybridized carbons (Fsp3) is 0.562. The lowest BCUT2D eigenvalue weighted by molar-refractivity contribution is -0.138. The van der Waals surface area contributed by atoms with Crippen molar-refractivity contribution in [3.63, 3.8) is 0 Å². The van der Waals surface area contributed by atoms with Crippen LogP contribution in [0.1, 0.15) is 26.3 Å². The van der Waals surface area contributed by atoms with Gasteiger partial charge in [-0.1, -0.05) is 20.8 Å². The maximum absolute atomic E-state index is 12.2. The van der Waals surface area contributed by atoms with Crippen LogP contribution in [0.5, 0.6) is 17.2 Å². The van der Waals surface area contributed by atoms with E-state index in [0.717, 1.165) is 5.56 Å². The van der Waals surface area contributed by atoms with Crippen molar-refractivity contribution in [1.29, 1.82) is 0 Å². The average molecular weight is 295 g/mol. The predicted octanol–water partition coefficient (Wildman–Crippen LogP) is 2.72. The Balaban J connectivity index is 3.07. The first kappa shape index (κ1) is 17.1. The molecule has 5 heteroatoms. The van der Waals surface area contributed by atoms with Crippen molar-refractivity contribution in [3.8, 4) is 17.2 Å². The van der Waals surface area contributed by atoms with Crippen molar-refractivity contribution in [2.24, 2.45) is 5.41 Å². The van der Waals surface area contributed by atoms with Gasteiger partial charge in [0, 0.05) is 19.0 Å². The molecule has 0 aliphatic rings. The van der Waals surface area contributed by atoms with Gasteiger partial charge >= 0.3 is 0 Å². The van der Waals surface area contributed by atoms with Crippen LogP contribution in [0.25, 0.3) is 0 Å². The monoisotopic (exact) mass is 295 g/mol. The number of ether oxygens (including phenoxy) is 3. The smallest absolute Gasteiger partial charge is 0.227 e. The topological polar surface area (TPSA) is 48.0 Å². The second kappa shape index (κ2) is 6.70. The highest BCUT2D eigenvalue weighted by Gasteiger charge is 2.25. The number of carbonyl (C=O) groups excluding carboxylic acids is 1. The number of hydrogen-bond donors (Lipinski definition) is 0. The van der Waals surface area contributed by atoms with Gasteiger partial charge in [0.15, 0.2) is 11.5 Å². The average Bonchev–Trinajstić information content (AvgIpc) is 2.44. The van der Waals surface area contributed by atoms with Crippen molar-refractivity contribution in [1.82, 2.24) is 4.90 Å². The Kier molecular flexibility index (Phi) is 5.47. The minimum absolute atomic E-state index is 0.0799. The molecule has 0 spiro atoms. The minimum atomic E-state index is -0.407. The summed E-state index contributed by atoms with van der Waals surface area (Å²) in [4.78, 5) is 13.9. The van der Waals surface area contributed by atoms with Crippen molar-refractivity contribution in [2.45, 2.75) is 27.3 Å². The maximum Gasteiger partial charge on any atom is 0.227 e. The van der Waals surface area contributed by atoms with E-state index in [1.54, 1.807) is 33.3 Å². The number of hydrogen-bond acceptors (Lipinski definition) is 4. The zero-order valence-electron chi connectivity index (χ0n) is 13.9. The molecule has 0 aliphatic heterocycles. The van der Waals surface area contributed by atoms with Gasteiger partial charge in [0.05, 0.1) is 21.3 Å². The van der Waals surface area contributed by atoms with Gasteiger partial charge in [-0.25, -0.2) is 0 Å². The number of carbonyl (C=O) groups is 1. The van der Waals surface area contributed by atoms with Crippen LogP contribution in [0.4, 0.5) is 0 Å². The van der Waals surface area contributed by atoms with Gasteiger partial charge in [-0.2, -0.15) is 0 Å². The molecule has 0 fully saturated rings. The minimum Gasteiger partial charge on any atom is -0.493 e. The van der Waals surface area contributed by atoms with E-state index in [4.69, 9.17) is 14.2 Å². The number of nitrogens with zero attached hydrogens (tertiary/aromatic N) is 1. The molecule has 1 aromatic carbocycles. The fourth-order valence-corrected chi connectivity index (χ4v) is 2.14. The summed E-state index contributed by atoms with van der Waals surface area (Å²) >= 11 is 0. The van der Waals surface area contributed by atoms with Gasteiger partial charge in [0.2, 0.25) is 11.7 Å². The second-order valence-corrected chi connectivity index (χ2v) is 5.94. The third-order valence-electron chi connectivity index (χ3n) is 3.13. The van der Waals surface area contributed by atoms with E-state index >= 15 is 0 Å². The Bertz CT molecular complexity index is 480. The highest BCUT2D eigenvalue weighted by Crippen LogP contribution is 2.38. The Morgan fingerprint density at radius 1 is 1.05 bits per heavy atom. The molecular weight excluding hydrogens is 270 g/mol. The molecule has 0 bridgehead atoms. The van der Waals surface area contributed by atoms with Crippen LogP contribution < -0.4 is 14.2 Å². The summed E-state index contributed by atoms with van der Waals surface area (Å²) in [6.45, 7) is 6.19. The third kappa shape index (κ3) is 4.03. The van der Waals surface area contributed by atoms with Gasteiger partial charge in [-0.15, -0.1) is 0 Å². The fourth-order valence-electron chi connectivity index (χ4n) is 2.14. The SMILES string of the molecule is COc1cc(CN(C)C(=O)C(C)(C)C)cc(OC)c1OC. The molecule has 0 heterocycles. The zero-order valence-corrected chi connectivity index (χ0v) is 13.9. The van der Waals surface area contributed by atoms with Crippen LogP contribution in [-0.2, 0) is 11.3 Å². The summed E-state index contributed by atoms with van der Waals surface area (Å²) in [5, 5.41) is 0. The highest BCUT2D eigenvalue weighted by atomic mass is 16.5. The van der Waals surface area contributed by atoms with Crippen LogP contribution in [0, 0.1) is 5.41 Å². The van der Waals surface area contributed by atoms with E-state index in [0.29, 0.717) is 23.8 Å². The van der Waals surface area contributed by atoms with E-state index in [1.807, 2.05) is 32.9 Å². The second-order valence-electron chi connectivity index (χ2n) is 5.94. The summed E-state index contributed by atoms with van der Waals surface area (Å²) in [6.07, 6.45) is 0. The van der Waals surface area contributed by atoms with Crippen molar-refractivity contribution < 1.29 is 19.0 Å². The van der Waals surface area contributed by atoms with E-state index in [-0.39, 0.29) is 5.91 Å². The molecule has 5 nitrogen and oxygen atoms in total. The molecule has 0 aliphatic carbocycles. The van der Waals surface area contributed by atoms with Crippen molar-refractivity contribution in [3.05, 3.63) is 17.7 Å². The van der Waals surface area contributed by atoms with Gasteiger partial charge in [0.1, 0.15) is 0 Å². The van der Waals surface area contributed by atoms with E-state index in [2.05, 4.69) is 0 Å². The zero-order chi connectivity index (χ0) is 16.2. The number of amides is 1. The third-order valence-corrected chi connectivity index (χ3v) is 3.13. The first-order chi connectivity index (χ1) is 9.74. The number of methoxy groups -OCH3 is 3. The lowest BCUT2D eigenvalue weighted by Crippen LogP contribution is -2.36. The summed E-state index contributed by atoms with van der Waals surface area (Å²) < 4.78 is 15.9. The summed E-state index contributed by atoms with van der Waals surface area (Å²) in [5.41, 5.74) is 0.514. The van der Waals surface area contributed by atoms with Gasteiger partial charge < -0.3 is 19.1 Å². The van der Waals surface area contributed by atoms with Crippen molar-refractivity contribution >= 4 is 5.91 Å². The highest BCUT2D eigenvalue weighted by molar-refractivity contribution is 5.81. The largest absolute Gasteiger partial charge is 0.493 e. The molecule has 0 saturated heterocycles. The molecule has 0 N–H and O–H groups in total. The summed E-state index contributed by atoms with van der Waals surface area (Å²) in [5.74, 6) is 1.80. The first-order valence-electron chi connectivity index (χ1n) is 6.79. The van der Waals surface area contributed by atoms with Crippen LogP contribution in [0.3, 0.4) is 0 Å². The molecule has 0 saturated carbocycles. The molecule has 0 aromatic heterocycles. The van der Waals surface area contributed by atoms with Crippen LogP contribution in [0.2, 0.25) is 0 Å². The quantitative estimate of drug-likeness (QED) is 0.838. The first-order valence-corrected chi connectivity index (χ1v) is 6.79. The summed E-state index contributed by atoms with van der Waals surface area (Å²) in [7, 11) is 6.50. The molecule has 21 heavy (non-hydrogen) atoms. The van der Waals surface area contributed by atoms with Crippen LogP contribution >= 0.6 is 0 Å². The molecule has 0 radical (unpaired) electrons. The van der Waals surface area contributed by atoms with E-state index in [1.165, 1.54) is 0 Å². The number of benzene rings is 1. The molecular formula is C16H25NO4. The van der Waals surface area contributed by atoms with E-state index in [9.17, 15) is 4.79 Å². The Hall–Kier alpha value is -1.91. The molecule has 1 rings (SSSR count). The predicted molar refractivity (Wildman–Crippen MR) is 82.0 cm³/mol. The van der Waals surface area contributed by atoms with Gasteiger partial charge in [-0.3, -0.25) is 4.79 Å². The maximum atomic E-state index is 12.2. The molecule has 0 atom stereocenters. The van der Waals surface area contributed by atoms with Crippen LogP contribution in [0.15, 0.2) is 12.1 Å². The Labute approximate surface area is 126 Å². The molecule has 118 valence electrons. The molecule has 1 aromatic rings. The summed E-state index contributed by atoms with van der Waals surface area (Å²) in [6, 6.07) is 3.71. The molecule has 0 unspecified atom stereocenters. The van der Waals surface area contributed by atoms with E-state index < -0.39 is 5.41 Å². The van der Waals surface area contributed by atoms with Crippen molar-refractivity contribution in [2.75, 3.05) is 28.4 Å².